The molecule has 1 atom stereocenters. The van der Waals surface area contributed by atoms with Crippen LogP contribution in [0.25, 0.3) is 0 Å². The van der Waals surface area contributed by atoms with Crippen LogP contribution in [0.5, 0.6) is 5.75 Å². The first-order chi connectivity index (χ1) is 6.15. The van der Waals surface area contributed by atoms with Gasteiger partial charge in [-0.2, -0.15) is 0 Å². The quantitative estimate of drug-likeness (QED) is 0.745. The van der Waals surface area contributed by atoms with Gasteiger partial charge in [-0.05, 0) is 32.0 Å². The van der Waals surface area contributed by atoms with Gasteiger partial charge < -0.3 is 4.74 Å². The van der Waals surface area contributed by atoms with Crippen LogP contribution in [0, 0.1) is 0 Å². The van der Waals surface area contributed by atoms with Crippen molar-refractivity contribution in [3.05, 3.63) is 28.2 Å². The molecule has 0 saturated carbocycles. The lowest BCUT2D eigenvalue weighted by Crippen LogP contribution is -1.96. The van der Waals surface area contributed by atoms with E-state index in [0.29, 0.717) is 6.61 Å². The van der Waals surface area contributed by atoms with Gasteiger partial charge in [-0.1, -0.05) is 15.9 Å². The largest absolute Gasteiger partial charge is 0.494 e. The molecule has 1 aromatic carbocycles. The Morgan fingerprint density at radius 1 is 1.54 bits per heavy atom. The van der Waals surface area contributed by atoms with Crippen molar-refractivity contribution in [3.8, 4) is 5.75 Å². The van der Waals surface area contributed by atoms with Crippen LogP contribution in [0.3, 0.4) is 0 Å². The molecule has 0 fully saturated rings. The molecular weight excluding hydrogens is 251 g/mol. The van der Waals surface area contributed by atoms with Gasteiger partial charge in [-0.25, -0.2) is 0 Å². The summed E-state index contributed by atoms with van der Waals surface area (Å²) in [5, 5.41) is -0.0287. The van der Waals surface area contributed by atoms with Crippen LogP contribution < -0.4 is 4.74 Å². The monoisotopic (exact) mass is 262 g/mol. The third-order valence-corrected chi connectivity index (χ3v) is 2.43. The highest BCUT2D eigenvalue weighted by Crippen LogP contribution is 2.31. The molecule has 0 radical (unpaired) electrons. The molecule has 1 aromatic rings. The summed E-state index contributed by atoms with van der Waals surface area (Å²) in [5.74, 6) is 0.869. The molecule has 0 heterocycles. The molecule has 0 spiro atoms. The van der Waals surface area contributed by atoms with Crippen molar-refractivity contribution in [2.45, 2.75) is 19.2 Å². The molecule has 0 aliphatic carbocycles. The minimum Gasteiger partial charge on any atom is -0.494 e. The Labute approximate surface area is 92.2 Å². The maximum atomic E-state index is 6.02. The summed E-state index contributed by atoms with van der Waals surface area (Å²) >= 11 is 9.42. The van der Waals surface area contributed by atoms with Gasteiger partial charge in [0.25, 0.3) is 0 Å². The fraction of sp³-hybridized carbons (Fsp3) is 0.400. The molecule has 0 amide bonds. The Hall–Kier alpha value is -0.210. The number of rotatable bonds is 3. The molecule has 0 bridgehead atoms. The Balaban J connectivity index is 3.03. The average Bonchev–Trinajstić information content (AvgIpc) is 2.08. The normalized spacial score (nSPS) is 12.6. The molecule has 0 aromatic heterocycles. The third kappa shape index (κ3) is 2.89. The van der Waals surface area contributed by atoms with E-state index in [2.05, 4.69) is 15.9 Å². The Bertz CT molecular complexity index is 286. The van der Waals surface area contributed by atoms with Crippen molar-refractivity contribution in [2.75, 3.05) is 6.61 Å². The fourth-order valence-electron chi connectivity index (χ4n) is 1.12. The second-order valence-electron chi connectivity index (χ2n) is 2.73. The lowest BCUT2D eigenvalue weighted by molar-refractivity contribution is 0.336. The summed E-state index contributed by atoms with van der Waals surface area (Å²) in [4.78, 5) is 0. The van der Waals surface area contributed by atoms with Crippen molar-refractivity contribution in [3.63, 3.8) is 0 Å². The highest BCUT2D eigenvalue weighted by molar-refractivity contribution is 9.10. The maximum Gasteiger partial charge on any atom is 0.124 e. The summed E-state index contributed by atoms with van der Waals surface area (Å²) in [7, 11) is 0. The lowest BCUT2D eigenvalue weighted by atomic mass is 10.1. The van der Waals surface area contributed by atoms with Gasteiger partial charge in [-0.3, -0.25) is 0 Å². The van der Waals surface area contributed by atoms with Gasteiger partial charge in [0, 0.05) is 10.0 Å². The minimum absolute atomic E-state index is 0.0287. The zero-order valence-electron chi connectivity index (χ0n) is 7.68. The van der Waals surface area contributed by atoms with Crippen LogP contribution in [0.15, 0.2) is 22.7 Å². The molecule has 1 unspecified atom stereocenters. The first kappa shape index (κ1) is 10.9. The molecule has 3 heteroatoms. The van der Waals surface area contributed by atoms with E-state index in [4.69, 9.17) is 16.3 Å². The summed E-state index contributed by atoms with van der Waals surface area (Å²) in [6, 6.07) is 5.87. The van der Waals surface area contributed by atoms with Crippen LogP contribution in [0.2, 0.25) is 0 Å². The fourth-order valence-corrected chi connectivity index (χ4v) is 1.67. The standard InChI is InChI=1S/C10H12BrClO/c1-3-13-10-5-4-8(11)6-9(10)7(2)12/h4-7H,3H2,1-2H3. The van der Waals surface area contributed by atoms with Gasteiger partial charge in [0.2, 0.25) is 0 Å². The molecule has 0 aliphatic heterocycles. The second kappa shape index (κ2) is 4.87. The maximum absolute atomic E-state index is 6.02. The number of hydrogen-bond acceptors (Lipinski definition) is 1. The van der Waals surface area contributed by atoms with Crippen LogP contribution in [0.1, 0.15) is 24.8 Å². The SMILES string of the molecule is CCOc1ccc(Br)cc1C(C)Cl. The molecule has 0 saturated heterocycles. The lowest BCUT2D eigenvalue weighted by Gasteiger charge is -2.11. The first-order valence-electron chi connectivity index (χ1n) is 4.21. The zero-order valence-corrected chi connectivity index (χ0v) is 10.0. The van der Waals surface area contributed by atoms with Crippen molar-refractivity contribution in [1.82, 2.24) is 0 Å². The molecular formula is C10H12BrClO. The molecule has 72 valence electrons. The minimum atomic E-state index is -0.0287. The topological polar surface area (TPSA) is 9.23 Å². The van der Waals surface area contributed by atoms with Gasteiger partial charge in [-0.15, -0.1) is 11.6 Å². The summed E-state index contributed by atoms with van der Waals surface area (Å²) in [5.41, 5.74) is 1.03. The highest BCUT2D eigenvalue weighted by Gasteiger charge is 2.09. The van der Waals surface area contributed by atoms with Crippen LogP contribution >= 0.6 is 27.5 Å². The van der Waals surface area contributed by atoms with Crippen molar-refractivity contribution >= 4 is 27.5 Å². The number of alkyl halides is 1. The predicted molar refractivity (Wildman–Crippen MR) is 59.6 cm³/mol. The van der Waals surface area contributed by atoms with E-state index in [0.717, 1.165) is 15.8 Å². The van der Waals surface area contributed by atoms with Gasteiger partial charge >= 0.3 is 0 Å². The molecule has 0 aliphatic rings. The number of hydrogen-bond donors (Lipinski definition) is 0. The van der Waals surface area contributed by atoms with E-state index in [9.17, 15) is 0 Å². The smallest absolute Gasteiger partial charge is 0.124 e. The van der Waals surface area contributed by atoms with E-state index in [1.165, 1.54) is 0 Å². The second-order valence-corrected chi connectivity index (χ2v) is 4.30. The van der Waals surface area contributed by atoms with Crippen LogP contribution in [-0.2, 0) is 0 Å². The number of halogens is 2. The summed E-state index contributed by atoms with van der Waals surface area (Å²) < 4.78 is 6.47. The van der Waals surface area contributed by atoms with E-state index < -0.39 is 0 Å². The van der Waals surface area contributed by atoms with E-state index >= 15 is 0 Å². The molecule has 1 nitrogen and oxygen atoms in total. The van der Waals surface area contributed by atoms with Crippen LogP contribution in [-0.4, -0.2) is 6.61 Å². The van der Waals surface area contributed by atoms with E-state index in [-0.39, 0.29) is 5.38 Å². The average molecular weight is 264 g/mol. The summed E-state index contributed by atoms with van der Waals surface area (Å²) in [6.45, 7) is 4.56. The van der Waals surface area contributed by atoms with Gasteiger partial charge in [0.1, 0.15) is 5.75 Å². The Morgan fingerprint density at radius 3 is 2.77 bits per heavy atom. The third-order valence-electron chi connectivity index (χ3n) is 1.70. The van der Waals surface area contributed by atoms with Gasteiger partial charge in [0.05, 0.1) is 12.0 Å². The molecule has 0 N–H and O–H groups in total. The molecule has 1 rings (SSSR count). The predicted octanol–water partition coefficient (Wildman–Crippen LogP) is 4.15. The Kier molecular flexibility index (Phi) is 4.07. The number of benzene rings is 1. The van der Waals surface area contributed by atoms with E-state index in [1.54, 1.807) is 0 Å². The van der Waals surface area contributed by atoms with Crippen molar-refractivity contribution in [1.29, 1.82) is 0 Å². The number of ether oxygens (including phenoxy) is 1. The van der Waals surface area contributed by atoms with Crippen molar-refractivity contribution in [2.24, 2.45) is 0 Å². The molecule has 13 heavy (non-hydrogen) atoms. The zero-order chi connectivity index (χ0) is 9.84. The van der Waals surface area contributed by atoms with E-state index in [1.807, 2.05) is 32.0 Å². The highest BCUT2D eigenvalue weighted by atomic mass is 79.9. The first-order valence-corrected chi connectivity index (χ1v) is 5.44. The van der Waals surface area contributed by atoms with Crippen LogP contribution in [0.4, 0.5) is 0 Å². The Morgan fingerprint density at radius 2 is 2.23 bits per heavy atom. The summed E-state index contributed by atoms with van der Waals surface area (Å²) in [6.07, 6.45) is 0. The van der Waals surface area contributed by atoms with Crippen molar-refractivity contribution < 1.29 is 4.74 Å². The van der Waals surface area contributed by atoms with Gasteiger partial charge in [0.15, 0.2) is 0 Å².